The van der Waals surface area contributed by atoms with E-state index in [0.29, 0.717) is 5.92 Å². The van der Waals surface area contributed by atoms with Crippen molar-refractivity contribution in [1.29, 1.82) is 0 Å². The molecule has 1 aliphatic heterocycles. The molecule has 0 aromatic heterocycles. The Labute approximate surface area is 103 Å². The first-order valence-corrected chi connectivity index (χ1v) is 6.22. The van der Waals surface area contributed by atoms with E-state index >= 15 is 0 Å². The number of nitrogens with one attached hydrogen (secondary N) is 1. The van der Waals surface area contributed by atoms with Crippen molar-refractivity contribution in [3.8, 4) is 5.75 Å². The molecule has 1 aliphatic rings. The fourth-order valence-electron chi connectivity index (χ4n) is 2.55. The number of hydrogen-bond acceptors (Lipinski definition) is 3. The minimum atomic E-state index is -0.742. The maximum Gasteiger partial charge on any atom is 0.118 e. The van der Waals surface area contributed by atoms with Gasteiger partial charge in [0, 0.05) is 0 Å². The Morgan fingerprint density at radius 1 is 1.24 bits per heavy atom. The van der Waals surface area contributed by atoms with E-state index < -0.39 is 5.60 Å². The highest BCUT2D eigenvalue weighted by atomic mass is 16.5. The van der Waals surface area contributed by atoms with Gasteiger partial charge in [0.25, 0.3) is 0 Å². The smallest absolute Gasteiger partial charge is 0.118 e. The third-order valence-electron chi connectivity index (χ3n) is 3.81. The van der Waals surface area contributed by atoms with Crippen LogP contribution < -0.4 is 10.1 Å². The molecule has 1 aromatic rings. The molecule has 0 bridgehead atoms. The highest BCUT2D eigenvalue weighted by Crippen LogP contribution is 2.35. The van der Waals surface area contributed by atoms with Crippen LogP contribution in [-0.2, 0) is 5.60 Å². The van der Waals surface area contributed by atoms with Crippen LogP contribution in [0.5, 0.6) is 5.75 Å². The lowest BCUT2D eigenvalue weighted by molar-refractivity contribution is -0.0186. The summed E-state index contributed by atoms with van der Waals surface area (Å²) >= 11 is 0. The molecule has 1 fully saturated rings. The highest BCUT2D eigenvalue weighted by Gasteiger charge is 2.34. The summed E-state index contributed by atoms with van der Waals surface area (Å²) in [6.45, 7) is 3.92. The zero-order valence-electron chi connectivity index (χ0n) is 10.6. The minimum absolute atomic E-state index is 0.331. The van der Waals surface area contributed by atoms with Crippen LogP contribution in [0.4, 0.5) is 0 Å². The van der Waals surface area contributed by atoms with E-state index in [1.807, 2.05) is 31.2 Å². The Morgan fingerprint density at radius 3 is 2.35 bits per heavy atom. The van der Waals surface area contributed by atoms with Gasteiger partial charge in [-0.1, -0.05) is 12.1 Å². The molecule has 1 unspecified atom stereocenters. The zero-order chi connectivity index (χ0) is 12.3. The van der Waals surface area contributed by atoms with Gasteiger partial charge in [0.1, 0.15) is 5.75 Å². The third-order valence-corrected chi connectivity index (χ3v) is 3.81. The number of benzene rings is 1. The molecule has 1 heterocycles. The fourth-order valence-corrected chi connectivity index (χ4v) is 2.55. The van der Waals surface area contributed by atoms with Crippen LogP contribution in [0.2, 0.25) is 0 Å². The highest BCUT2D eigenvalue weighted by molar-refractivity contribution is 5.31. The zero-order valence-corrected chi connectivity index (χ0v) is 10.6. The Hall–Kier alpha value is -1.06. The van der Waals surface area contributed by atoms with Gasteiger partial charge < -0.3 is 15.2 Å². The van der Waals surface area contributed by atoms with E-state index in [2.05, 4.69) is 5.32 Å². The van der Waals surface area contributed by atoms with Crippen molar-refractivity contribution in [2.24, 2.45) is 5.92 Å². The first-order chi connectivity index (χ1) is 8.14. The van der Waals surface area contributed by atoms with Gasteiger partial charge in [0.2, 0.25) is 0 Å². The molecule has 1 atom stereocenters. The van der Waals surface area contributed by atoms with E-state index in [-0.39, 0.29) is 0 Å². The van der Waals surface area contributed by atoms with Crippen LogP contribution in [0.15, 0.2) is 24.3 Å². The van der Waals surface area contributed by atoms with Crippen molar-refractivity contribution in [2.75, 3.05) is 20.2 Å². The van der Waals surface area contributed by atoms with Crippen LogP contribution in [0.1, 0.15) is 25.3 Å². The third kappa shape index (κ3) is 2.61. The van der Waals surface area contributed by atoms with E-state index in [0.717, 1.165) is 37.2 Å². The van der Waals surface area contributed by atoms with Crippen molar-refractivity contribution in [3.63, 3.8) is 0 Å². The van der Waals surface area contributed by atoms with Gasteiger partial charge in [-0.15, -0.1) is 0 Å². The summed E-state index contributed by atoms with van der Waals surface area (Å²) in [4.78, 5) is 0. The van der Waals surface area contributed by atoms with Crippen LogP contribution in [-0.4, -0.2) is 25.3 Å². The topological polar surface area (TPSA) is 41.5 Å². The number of rotatable bonds is 3. The molecule has 0 aliphatic carbocycles. The van der Waals surface area contributed by atoms with E-state index in [9.17, 15) is 5.11 Å². The molecule has 94 valence electrons. The lowest BCUT2D eigenvalue weighted by Gasteiger charge is -2.36. The predicted molar refractivity (Wildman–Crippen MR) is 68.2 cm³/mol. The van der Waals surface area contributed by atoms with Gasteiger partial charge >= 0.3 is 0 Å². The van der Waals surface area contributed by atoms with E-state index in [1.54, 1.807) is 7.11 Å². The van der Waals surface area contributed by atoms with Crippen molar-refractivity contribution >= 4 is 0 Å². The Balaban J connectivity index is 2.17. The van der Waals surface area contributed by atoms with Gasteiger partial charge in [-0.25, -0.2) is 0 Å². The summed E-state index contributed by atoms with van der Waals surface area (Å²) in [6.07, 6.45) is 2.05. The van der Waals surface area contributed by atoms with Gasteiger partial charge in [-0.05, 0) is 56.5 Å². The number of ether oxygens (including phenoxy) is 1. The van der Waals surface area contributed by atoms with Crippen molar-refractivity contribution < 1.29 is 9.84 Å². The largest absolute Gasteiger partial charge is 0.497 e. The second-order valence-corrected chi connectivity index (χ2v) is 4.90. The van der Waals surface area contributed by atoms with Gasteiger partial charge in [0.05, 0.1) is 12.7 Å². The van der Waals surface area contributed by atoms with Crippen LogP contribution in [0.25, 0.3) is 0 Å². The summed E-state index contributed by atoms with van der Waals surface area (Å²) in [5.41, 5.74) is 0.235. The fraction of sp³-hybridized carbons (Fsp3) is 0.571. The quantitative estimate of drug-likeness (QED) is 0.841. The van der Waals surface area contributed by atoms with Crippen molar-refractivity contribution in [1.82, 2.24) is 5.32 Å². The second kappa shape index (κ2) is 5.07. The van der Waals surface area contributed by atoms with Gasteiger partial charge in [-0.2, -0.15) is 0 Å². The van der Waals surface area contributed by atoms with Gasteiger partial charge in [-0.3, -0.25) is 0 Å². The molecular formula is C14H21NO2. The summed E-state index contributed by atoms with van der Waals surface area (Å²) in [7, 11) is 1.65. The predicted octanol–water partition coefficient (Wildman–Crippen LogP) is 1.90. The number of hydrogen-bond donors (Lipinski definition) is 2. The lowest BCUT2D eigenvalue weighted by atomic mass is 9.78. The monoisotopic (exact) mass is 235 g/mol. The maximum atomic E-state index is 10.7. The lowest BCUT2D eigenvalue weighted by Crippen LogP contribution is -2.39. The molecule has 3 heteroatoms. The molecule has 1 saturated heterocycles. The summed E-state index contributed by atoms with van der Waals surface area (Å²) in [5, 5.41) is 14.0. The summed E-state index contributed by atoms with van der Waals surface area (Å²) in [6, 6.07) is 7.73. The molecule has 1 aromatic carbocycles. The van der Waals surface area contributed by atoms with Crippen LogP contribution in [0, 0.1) is 5.92 Å². The molecule has 17 heavy (non-hydrogen) atoms. The van der Waals surface area contributed by atoms with Crippen molar-refractivity contribution in [2.45, 2.75) is 25.4 Å². The average molecular weight is 235 g/mol. The SMILES string of the molecule is COc1ccc(C(C)(O)C2CCNCC2)cc1. The number of piperidine rings is 1. The first kappa shape index (κ1) is 12.4. The molecular weight excluding hydrogens is 214 g/mol. The second-order valence-electron chi connectivity index (χ2n) is 4.90. The Kier molecular flexibility index (Phi) is 3.69. The molecule has 0 radical (unpaired) electrons. The normalized spacial score (nSPS) is 20.9. The number of methoxy groups -OCH3 is 1. The van der Waals surface area contributed by atoms with E-state index in [1.165, 1.54) is 0 Å². The van der Waals surface area contributed by atoms with E-state index in [4.69, 9.17) is 4.74 Å². The molecule has 2 rings (SSSR count). The molecule has 0 amide bonds. The van der Waals surface area contributed by atoms with Gasteiger partial charge in [0.15, 0.2) is 0 Å². The molecule has 0 spiro atoms. The standard InChI is InChI=1S/C14H21NO2/c1-14(16,12-7-9-15-10-8-12)11-3-5-13(17-2)6-4-11/h3-6,12,15-16H,7-10H2,1-2H3. The number of aliphatic hydroxyl groups is 1. The summed E-state index contributed by atoms with van der Waals surface area (Å²) in [5.74, 6) is 1.16. The average Bonchev–Trinajstić information content (AvgIpc) is 2.40. The molecule has 2 N–H and O–H groups in total. The first-order valence-electron chi connectivity index (χ1n) is 6.22. The maximum absolute atomic E-state index is 10.7. The Morgan fingerprint density at radius 2 is 1.82 bits per heavy atom. The Bertz CT molecular complexity index is 353. The minimum Gasteiger partial charge on any atom is -0.497 e. The molecule has 0 saturated carbocycles. The van der Waals surface area contributed by atoms with Crippen LogP contribution in [0.3, 0.4) is 0 Å². The summed E-state index contributed by atoms with van der Waals surface area (Å²) < 4.78 is 5.14. The van der Waals surface area contributed by atoms with Crippen LogP contribution >= 0.6 is 0 Å². The van der Waals surface area contributed by atoms with Crippen molar-refractivity contribution in [3.05, 3.63) is 29.8 Å². The molecule has 3 nitrogen and oxygen atoms in total.